The Bertz CT molecular complexity index is 812. The van der Waals surface area contributed by atoms with E-state index in [4.69, 9.17) is 9.73 Å². The number of nitrogens with zero attached hydrogens (tertiary/aromatic N) is 4. The summed E-state index contributed by atoms with van der Waals surface area (Å²) in [6.07, 6.45) is 2.10. The lowest BCUT2D eigenvalue weighted by Gasteiger charge is -2.32. The van der Waals surface area contributed by atoms with Gasteiger partial charge in [0.05, 0.1) is 36.5 Å². The zero-order valence-electron chi connectivity index (χ0n) is 17.6. The molecule has 0 radical (unpaired) electrons. The number of hydrogen-bond donors (Lipinski definition) is 2. The largest absolute Gasteiger partial charge is 0.375 e. The molecule has 2 aromatic rings. The summed E-state index contributed by atoms with van der Waals surface area (Å²) in [7, 11) is 0. The van der Waals surface area contributed by atoms with Gasteiger partial charge in [-0.2, -0.15) is 0 Å². The van der Waals surface area contributed by atoms with Gasteiger partial charge in [-0.15, -0.1) is 35.3 Å². The summed E-state index contributed by atoms with van der Waals surface area (Å²) in [5.74, 6) is 1.81. The fourth-order valence-electron chi connectivity index (χ4n) is 3.17. The highest BCUT2D eigenvalue weighted by Crippen LogP contribution is 2.18. The molecule has 0 bridgehead atoms. The second-order valence-electron chi connectivity index (χ2n) is 6.94. The van der Waals surface area contributed by atoms with Gasteiger partial charge in [-0.3, -0.25) is 0 Å². The summed E-state index contributed by atoms with van der Waals surface area (Å²) in [6, 6.07) is 4.15. The van der Waals surface area contributed by atoms with E-state index < -0.39 is 0 Å². The molecule has 1 atom stereocenters. The van der Waals surface area contributed by atoms with Crippen molar-refractivity contribution in [2.24, 2.45) is 4.99 Å². The number of nitrogens with one attached hydrogen (secondary N) is 2. The van der Waals surface area contributed by atoms with Crippen molar-refractivity contribution in [2.45, 2.75) is 46.9 Å². The third-order valence-electron chi connectivity index (χ3n) is 4.55. The van der Waals surface area contributed by atoms with Crippen LogP contribution in [0.3, 0.4) is 0 Å². The van der Waals surface area contributed by atoms with Crippen molar-refractivity contribution in [3.05, 3.63) is 39.5 Å². The van der Waals surface area contributed by atoms with Crippen molar-refractivity contribution < 1.29 is 4.74 Å². The zero-order chi connectivity index (χ0) is 19.9. The number of hydrogen-bond acceptors (Lipinski definition) is 6. The monoisotopic (exact) mass is 530 g/mol. The van der Waals surface area contributed by atoms with Gasteiger partial charge in [-0.25, -0.2) is 15.0 Å². The van der Waals surface area contributed by atoms with Crippen LogP contribution in [-0.4, -0.2) is 48.3 Å². The topological polar surface area (TPSA) is 74.7 Å². The number of ether oxygens (including phenoxy) is 1. The van der Waals surface area contributed by atoms with E-state index in [1.165, 1.54) is 4.88 Å². The van der Waals surface area contributed by atoms with Gasteiger partial charge in [0, 0.05) is 30.7 Å². The molecule has 1 unspecified atom stereocenters. The Balaban J connectivity index is 0.00000300. The molecule has 0 saturated carbocycles. The second-order valence-corrected chi connectivity index (χ2v) is 8.23. The number of pyridine rings is 1. The lowest BCUT2D eigenvalue weighted by Crippen LogP contribution is -2.41. The van der Waals surface area contributed by atoms with E-state index in [9.17, 15) is 0 Å². The van der Waals surface area contributed by atoms with Crippen molar-refractivity contribution in [1.29, 1.82) is 0 Å². The Morgan fingerprint density at radius 3 is 2.90 bits per heavy atom. The fourth-order valence-corrected chi connectivity index (χ4v) is 4.05. The Morgan fingerprint density at radius 1 is 1.38 bits per heavy atom. The molecule has 1 aliphatic heterocycles. The molecule has 3 heterocycles. The molecule has 7 nitrogen and oxygen atoms in total. The molecule has 160 valence electrons. The zero-order valence-corrected chi connectivity index (χ0v) is 20.7. The molecule has 2 N–H and O–H groups in total. The third kappa shape index (κ3) is 7.07. The number of anilines is 1. The number of aliphatic imine (C=N–C) groups is 1. The van der Waals surface area contributed by atoms with E-state index in [2.05, 4.69) is 52.3 Å². The quantitative estimate of drug-likeness (QED) is 0.340. The Morgan fingerprint density at radius 2 is 2.21 bits per heavy atom. The van der Waals surface area contributed by atoms with Crippen molar-refractivity contribution >= 4 is 47.1 Å². The van der Waals surface area contributed by atoms with Crippen molar-refractivity contribution in [1.82, 2.24) is 20.6 Å². The summed E-state index contributed by atoms with van der Waals surface area (Å²) in [5.41, 5.74) is 2.23. The van der Waals surface area contributed by atoms with Crippen LogP contribution in [0.4, 0.5) is 5.82 Å². The minimum absolute atomic E-state index is 0. The van der Waals surface area contributed by atoms with Gasteiger partial charge in [-0.1, -0.05) is 0 Å². The highest BCUT2D eigenvalue weighted by atomic mass is 127. The maximum Gasteiger partial charge on any atom is 0.191 e. The average Bonchev–Trinajstić information content (AvgIpc) is 3.01. The van der Waals surface area contributed by atoms with Crippen LogP contribution in [0.2, 0.25) is 0 Å². The summed E-state index contributed by atoms with van der Waals surface area (Å²) in [6.45, 7) is 12.9. The normalized spacial score (nSPS) is 17.0. The van der Waals surface area contributed by atoms with Crippen LogP contribution < -0.4 is 15.5 Å². The van der Waals surface area contributed by atoms with Gasteiger partial charge in [0.15, 0.2) is 5.96 Å². The van der Waals surface area contributed by atoms with Crippen LogP contribution in [0.1, 0.15) is 35.0 Å². The van der Waals surface area contributed by atoms with E-state index in [1.807, 2.05) is 19.2 Å². The first-order chi connectivity index (χ1) is 13.5. The molecule has 2 aromatic heterocycles. The lowest BCUT2D eigenvalue weighted by atomic mass is 10.2. The smallest absolute Gasteiger partial charge is 0.191 e. The third-order valence-corrected chi connectivity index (χ3v) is 5.63. The predicted molar refractivity (Wildman–Crippen MR) is 131 cm³/mol. The number of rotatable bonds is 6. The van der Waals surface area contributed by atoms with Gasteiger partial charge in [0.25, 0.3) is 0 Å². The van der Waals surface area contributed by atoms with E-state index in [-0.39, 0.29) is 30.1 Å². The Labute approximate surface area is 194 Å². The maximum atomic E-state index is 5.63. The van der Waals surface area contributed by atoms with Crippen molar-refractivity contribution in [3.63, 3.8) is 0 Å². The molecule has 1 saturated heterocycles. The number of aryl methyl sites for hydroxylation is 2. The Kier molecular flexibility index (Phi) is 9.57. The van der Waals surface area contributed by atoms with Crippen LogP contribution in [-0.2, 0) is 17.8 Å². The molecule has 9 heteroatoms. The SMILES string of the molecule is CCNC(=NCc1ccnc(N2CCOC(C)C2)c1)NCc1sc(C)nc1C.I. The van der Waals surface area contributed by atoms with Crippen LogP contribution >= 0.6 is 35.3 Å². The van der Waals surface area contributed by atoms with Crippen LogP contribution in [0.15, 0.2) is 23.3 Å². The first kappa shape index (κ1) is 23.8. The van der Waals surface area contributed by atoms with Gasteiger partial charge >= 0.3 is 0 Å². The van der Waals surface area contributed by atoms with Crippen LogP contribution in [0.25, 0.3) is 0 Å². The second kappa shape index (κ2) is 11.7. The van der Waals surface area contributed by atoms with Crippen LogP contribution in [0, 0.1) is 13.8 Å². The van der Waals surface area contributed by atoms with E-state index in [1.54, 1.807) is 11.3 Å². The number of thiazole rings is 1. The molecule has 0 aromatic carbocycles. The summed E-state index contributed by atoms with van der Waals surface area (Å²) < 4.78 is 5.63. The van der Waals surface area contributed by atoms with E-state index >= 15 is 0 Å². The minimum Gasteiger partial charge on any atom is -0.375 e. The summed E-state index contributed by atoms with van der Waals surface area (Å²) >= 11 is 1.73. The standard InChI is InChI=1S/C20H30N6OS.HI/c1-5-21-20(24-12-18-15(3)25-16(4)28-18)23-11-17-6-7-22-19(10-17)26-8-9-27-14(2)13-26;/h6-7,10,14H,5,8-9,11-13H2,1-4H3,(H2,21,23,24);1H. The fraction of sp³-hybridized carbons (Fsp3) is 0.550. The van der Waals surface area contributed by atoms with Gasteiger partial charge < -0.3 is 20.3 Å². The number of guanidine groups is 1. The Hall–Kier alpha value is -1.46. The molecule has 0 aliphatic carbocycles. The van der Waals surface area contributed by atoms with Gasteiger partial charge in [0.1, 0.15) is 5.82 Å². The van der Waals surface area contributed by atoms with Crippen molar-refractivity contribution in [2.75, 3.05) is 31.1 Å². The highest BCUT2D eigenvalue weighted by molar-refractivity contribution is 14.0. The molecule has 1 aliphatic rings. The molecular formula is C20H31IN6OS. The lowest BCUT2D eigenvalue weighted by molar-refractivity contribution is 0.0529. The highest BCUT2D eigenvalue weighted by Gasteiger charge is 2.18. The number of morpholine rings is 1. The van der Waals surface area contributed by atoms with Gasteiger partial charge in [0.2, 0.25) is 0 Å². The molecule has 0 amide bonds. The molecule has 0 spiro atoms. The number of aromatic nitrogens is 2. The first-order valence-corrected chi connectivity index (χ1v) is 10.6. The summed E-state index contributed by atoms with van der Waals surface area (Å²) in [5, 5.41) is 7.82. The first-order valence-electron chi connectivity index (χ1n) is 9.81. The van der Waals surface area contributed by atoms with Crippen LogP contribution in [0.5, 0.6) is 0 Å². The number of halogens is 1. The van der Waals surface area contributed by atoms with E-state index in [0.717, 1.165) is 60.8 Å². The predicted octanol–water partition coefficient (Wildman–Crippen LogP) is 3.25. The molecule has 29 heavy (non-hydrogen) atoms. The molecular weight excluding hydrogens is 499 g/mol. The maximum absolute atomic E-state index is 5.63. The molecule has 1 fully saturated rings. The summed E-state index contributed by atoms with van der Waals surface area (Å²) in [4.78, 5) is 17.3. The average molecular weight is 530 g/mol. The van der Waals surface area contributed by atoms with E-state index in [0.29, 0.717) is 6.54 Å². The minimum atomic E-state index is 0. The van der Waals surface area contributed by atoms with Gasteiger partial charge in [-0.05, 0) is 45.4 Å². The molecule has 3 rings (SSSR count). The van der Waals surface area contributed by atoms with Crippen molar-refractivity contribution in [3.8, 4) is 0 Å².